The van der Waals surface area contributed by atoms with Crippen molar-refractivity contribution < 1.29 is 9.09 Å². The number of para-hydroxylation sites is 1. The van der Waals surface area contributed by atoms with E-state index in [4.69, 9.17) is 4.52 Å². The highest BCUT2D eigenvalue weighted by molar-refractivity contribution is 7.67. The van der Waals surface area contributed by atoms with Crippen LogP contribution in [0.3, 0.4) is 0 Å². The normalized spacial score (nSPS) is 17.1. The van der Waals surface area contributed by atoms with Crippen molar-refractivity contribution >= 4 is 24.0 Å². The predicted molar refractivity (Wildman–Crippen MR) is 149 cm³/mol. The van der Waals surface area contributed by atoms with E-state index in [-0.39, 0.29) is 6.10 Å². The van der Waals surface area contributed by atoms with Gasteiger partial charge in [0.2, 0.25) is 0 Å². The molecule has 0 aliphatic heterocycles. The van der Waals surface area contributed by atoms with Gasteiger partial charge in [-0.15, -0.1) is 0 Å². The SMILES string of the molecule is CC(C)c1ccc([C@@H](Nc2ccccc2)[P@@](=O)(OC2CCCCC2)c2ccc(N(C)C)cc2)cc1. The van der Waals surface area contributed by atoms with Gasteiger partial charge in [0, 0.05) is 30.8 Å². The van der Waals surface area contributed by atoms with E-state index in [1.807, 2.05) is 68.7 Å². The third-order valence-electron chi connectivity index (χ3n) is 6.92. The summed E-state index contributed by atoms with van der Waals surface area (Å²) >= 11 is 0. The van der Waals surface area contributed by atoms with Crippen LogP contribution in [0.2, 0.25) is 0 Å². The van der Waals surface area contributed by atoms with Gasteiger partial charge in [0.05, 0.1) is 6.10 Å². The number of benzene rings is 3. The number of hydrogen-bond acceptors (Lipinski definition) is 4. The van der Waals surface area contributed by atoms with E-state index in [9.17, 15) is 0 Å². The summed E-state index contributed by atoms with van der Waals surface area (Å²) in [5, 5.41) is 4.37. The lowest BCUT2D eigenvalue weighted by Gasteiger charge is -2.34. The molecule has 0 bridgehead atoms. The minimum absolute atomic E-state index is 0.0121. The number of nitrogens with zero attached hydrogens (tertiary/aromatic N) is 1. The van der Waals surface area contributed by atoms with E-state index >= 15 is 4.57 Å². The second-order valence-corrected chi connectivity index (χ2v) is 12.5. The van der Waals surface area contributed by atoms with E-state index in [1.54, 1.807) is 0 Å². The van der Waals surface area contributed by atoms with E-state index < -0.39 is 13.2 Å². The Kier molecular flexibility index (Phi) is 8.36. The summed E-state index contributed by atoms with van der Waals surface area (Å²) in [6.07, 6.45) is 5.42. The molecule has 0 heterocycles. The molecule has 1 aliphatic carbocycles. The van der Waals surface area contributed by atoms with Gasteiger partial charge in [0.1, 0.15) is 5.78 Å². The maximum absolute atomic E-state index is 15.2. The molecule has 2 atom stereocenters. The second-order valence-electron chi connectivity index (χ2n) is 10.1. The summed E-state index contributed by atoms with van der Waals surface area (Å²) in [4.78, 5) is 2.06. The van der Waals surface area contributed by atoms with Crippen LogP contribution in [0.15, 0.2) is 78.9 Å². The zero-order chi connectivity index (χ0) is 24.8. The molecule has 3 aromatic rings. The van der Waals surface area contributed by atoms with Crippen molar-refractivity contribution in [3.63, 3.8) is 0 Å². The minimum Gasteiger partial charge on any atom is -0.378 e. The lowest BCUT2D eigenvalue weighted by Crippen LogP contribution is -2.25. The fraction of sp³-hybridized carbons (Fsp3) is 0.400. The zero-order valence-electron chi connectivity index (χ0n) is 21.5. The molecule has 0 radical (unpaired) electrons. The van der Waals surface area contributed by atoms with Crippen LogP contribution in [-0.4, -0.2) is 20.2 Å². The topological polar surface area (TPSA) is 41.6 Å². The summed E-state index contributed by atoms with van der Waals surface area (Å²) < 4.78 is 21.9. The third kappa shape index (κ3) is 6.18. The zero-order valence-corrected chi connectivity index (χ0v) is 22.4. The summed E-state index contributed by atoms with van der Waals surface area (Å²) in [5.74, 6) is -0.0494. The Morgan fingerprint density at radius 1 is 0.829 bits per heavy atom. The molecule has 5 heteroatoms. The Hall–Kier alpha value is -2.55. The maximum atomic E-state index is 15.2. The van der Waals surface area contributed by atoms with Gasteiger partial charge < -0.3 is 14.7 Å². The first-order valence-corrected chi connectivity index (χ1v) is 14.5. The van der Waals surface area contributed by atoms with Crippen LogP contribution in [0.25, 0.3) is 0 Å². The molecule has 0 saturated heterocycles. The quantitative estimate of drug-likeness (QED) is 0.309. The molecule has 0 spiro atoms. The van der Waals surface area contributed by atoms with Crippen molar-refractivity contribution in [2.45, 2.75) is 63.8 Å². The first-order valence-electron chi connectivity index (χ1n) is 12.8. The second kappa shape index (κ2) is 11.5. The van der Waals surface area contributed by atoms with Crippen molar-refractivity contribution in [3.05, 3.63) is 90.0 Å². The average molecular weight is 491 g/mol. The number of hydrogen-bond donors (Lipinski definition) is 1. The van der Waals surface area contributed by atoms with Crippen LogP contribution in [0.4, 0.5) is 11.4 Å². The fourth-order valence-electron chi connectivity index (χ4n) is 4.74. The molecule has 186 valence electrons. The van der Waals surface area contributed by atoms with Crippen LogP contribution in [-0.2, 0) is 9.09 Å². The standard InChI is InChI=1S/C30H39N2O2P/c1-23(2)24-15-17-25(18-16-24)30(31-26-11-7-5-8-12-26)35(33,34-28-13-9-6-10-14-28)29-21-19-27(20-22-29)32(3)4/h5,7-8,11-12,15-23,28,30-31H,6,9-10,13-14H2,1-4H3/t30-,35-/m0/s1. The number of nitrogens with one attached hydrogen (secondary N) is 1. The van der Waals surface area contributed by atoms with Gasteiger partial charge in [-0.25, -0.2) is 0 Å². The smallest absolute Gasteiger partial charge is 0.258 e. The number of rotatable bonds is 9. The van der Waals surface area contributed by atoms with E-state index in [2.05, 4.69) is 48.3 Å². The first-order chi connectivity index (χ1) is 16.9. The Balaban J connectivity index is 1.80. The van der Waals surface area contributed by atoms with Gasteiger partial charge in [0.15, 0.2) is 0 Å². The summed E-state index contributed by atoms with van der Waals surface area (Å²) in [6, 6.07) is 26.6. The minimum atomic E-state index is -3.36. The molecule has 3 aromatic carbocycles. The van der Waals surface area contributed by atoms with Gasteiger partial charge >= 0.3 is 0 Å². The van der Waals surface area contributed by atoms with Gasteiger partial charge in [-0.3, -0.25) is 4.57 Å². The van der Waals surface area contributed by atoms with Crippen molar-refractivity contribution in [3.8, 4) is 0 Å². The molecule has 4 rings (SSSR count). The van der Waals surface area contributed by atoms with Gasteiger partial charge in [-0.2, -0.15) is 0 Å². The Morgan fingerprint density at radius 3 is 2.00 bits per heavy atom. The lowest BCUT2D eigenvalue weighted by atomic mass is 9.98. The maximum Gasteiger partial charge on any atom is 0.258 e. The number of anilines is 2. The van der Waals surface area contributed by atoms with E-state index in [0.717, 1.165) is 47.9 Å². The van der Waals surface area contributed by atoms with Crippen molar-refractivity contribution in [1.82, 2.24) is 0 Å². The van der Waals surface area contributed by atoms with Crippen LogP contribution < -0.4 is 15.5 Å². The fourth-order valence-corrected chi connectivity index (χ4v) is 7.38. The molecule has 0 unspecified atom stereocenters. The van der Waals surface area contributed by atoms with E-state index in [1.165, 1.54) is 12.0 Å². The van der Waals surface area contributed by atoms with Crippen LogP contribution >= 0.6 is 7.37 Å². The molecule has 0 amide bonds. The highest BCUT2D eigenvalue weighted by Gasteiger charge is 2.40. The Morgan fingerprint density at radius 2 is 1.43 bits per heavy atom. The summed E-state index contributed by atoms with van der Waals surface area (Å²) in [6.45, 7) is 4.39. The molecule has 1 N–H and O–H groups in total. The molecule has 1 aliphatic rings. The highest BCUT2D eigenvalue weighted by atomic mass is 31.2. The Labute approximate surface area is 211 Å². The van der Waals surface area contributed by atoms with Crippen molar-refractivity contribution in [2.24, 2.45) is 0 Å². The van der Waals surface area contributed by atoms with Crippen LogP contribution in [0, 0.1) is 0 Å². The van der Waals surface area contributed by atoms with Crippen molar-refractivity contribution in [2.75, 3.05) is 24.3 Å². The van der Waals surface area contributed by atoms with Gasteiger partial charge in [-0.05, 0) is 66.3 Å². The molecule has 0 aromatic heterocycles. The summed E-state index contributed by atoms with van der Waals surface area (Å²) in [7, 11) is 0.678. The third-order valence-corrected chi connectivity index (χ3v) is 9.66. The molecule has 1 saturated carbocycles. The largest absolute Gasteiger partial charge is 0.378 e. The molecule has 1 fully saturated rings. The highest BCUT2D eigenvalue weighted by Crippen LogP contribution is 2.60. The average Bonchev–Trinajstić information content (AvgIpc) is 2.88. The van der Waals surface area contributed by atoms with Crippen LogP contribution in [0.1, 0.15) is 68.8 Å². The van der Waals surface area contributed by atoms with Gasteiger partial charge in [-0.1, -0.05) is 75.6 Å². The van der Waals surface area contributed by atoms with Crippen LogP contribution in [0.5, 0.6) is 0 Å². The molecular formula is C30H39N2O2P. The van der Waals surface area contributed by atoms with E-state index in [0.29, 0.717) is 5.92 Å². The van der Waals surface area contributed by atoms with Crippen molar-refractivity contribution in [1.29, 1.82) is 0 Å². The molecule has 35 heavy (non-hydrogen) atoms. The molecule has 4 nitrogen and oxygen atoms in total. The lowest BCUT2D eigenvalue weighted by molar-refractivity contribution is 0.159. The Bertz CT molecular complexity index is 1110. The molecular weight excluding hydrogens is 451 g/mol. The predicted octanol–water partition coefficient (Wildman–Crippen LogP) is 7.94. The van der Waals surface area contributed by atoms with Gasteiger partial charge in [0.25, 0.3) is 7.37 Å². The monoisotopic (exact) mass is 490 g/mol. The first kappa shape index (κ1) is 25.5. The summed E-state index contributed by atoms with van der Waals surface area (Å²) in [5.41, 5.74) is 4.26.